The summed E-state index contributed by atoms with van der Waals surface area (Å²) in [6.45, 7) is 0.194. The monoisotopic (exact) mass is 208 g/mol. The van der Waals surface area contributed by atoms with Gasteiger partial charge in [-0.25, -0.2) is 0 Å². The Morgan fingerprint density at radius 2 is 2.08 bits per heavy atom. The van der Waals surface area contributed by atoms with Gasteiger partial charge in [-0.15, -0.1) is 0 Å². The minimum Gasteiger partial charge on any atom is -0.326 e. The fraction of sp³-hybridized carbons (Fsp3) is 0.286. The molecule has 0 aliphatic rings. The third-order valence-electron chi connectivity index (χ3n) is 1.24. The third-order valence-corrected chi connectivity index (χ3v) is 1.93. The molecule has 0 spiro atoms. The van der Waals surface area contributed by atoms with Crippen molar-refractivity contribution in [2.75, 3.05) is 0 Å². The molecule has 0 unspecified atom stereocenters. The van der Waals surface area contributed by atoms with Crippen molar-refractivity contribution >= 4 is 11.8 Å². The second-order valence-electron chi connectivity index (χ2n) is 2.28. The van der Waals surface area contributed by atoms with Crippen LogP contribution in [-0.2, 0) is 6.54 Å². The molecular weight excluding hydrogens is 201 g/mol. The molecule has 1 aromatic heterocycles. The molecule has 0 aliphatic heterocycles. The third kappa shape index (κ3) is 3.65. The maximum Gasteiger partial charge on any atom is 0.446 e. The van der Waals surface area contributed by atoms with Gasteiger partial charge in [-0.3, -0.25) is 4.98 Å². The number of hydrogen-bond acceptors (Lipinski definition) is 3. The lowest BCUT2D eigenvalue weighted by Crippen LogP contribution is -2.01. The smallest absolute Gasteiger partial charge is 0.326 e. The molecule has 6 heteroatoms. The first-order chi connectivity index (χ1) is 6.01. The van der Waals surface area contributed by atoms with Gasteiger partial charge in [-0.05, 0) is 23.4 Å². The summed E-state index contributed by atoms with van der Waals surface area (Å²) in [6.07, 6.45) is 2.61. The predicted octanol–water partition coefficient (Wildman–Crippen LogP) is 2.15. The average Bonchev–Trinajstić information content (AvgIpc) is 2.01. The lowest BCUT2D eigenvalue weighted by Gasteiger charge is -2.05. The first kappa shape index (κ1) is 10.3. The first-order valence-corrected chi connectivity index (χ1v) is 4.22. The summed E-state index contributed by atoms with van der Waals surface area (Å²) in [5.41, 5.74) is 1.57. The summed E-state index contributed by atoms with van der Waals surface area (Å²) in [5.74, 6) is 0. The molecule has 1 rings (SSSR count). The van der Waals surface area contributed by atoms with Gasteiger partial charge < -0.3 is 5.73 Å². The summed E-state index contributed by atoms with van der Waals surface area (Å²) >= 11 is -0.188. The second-order valence-corrected chi connectivity index (χ2v) is 3.42. The number of nitrogens with two attached hydrogens (primary N) is 1. The lowest BCUT2D eigenvalue weighted by atomic mass is 10.3. The summed E-state index contributed by atoms with van der Waals surface area (Å²) in [7, 11) is 0. The number of hydrogen-bond donors (Lipinski definition) is 1. The molecule has 0 saturated carbocycles. The van der Waals surface area contributed by atoms with Gasteiger partial charge in [0.2, 0.25) is 0 Å². The molecule has 0 amide bonds. The largest absolute Gasteiger partial charge is 0.446 e. The van der Waals surface area contributed by atoms with E-state index in [9.17, 15) is 13.2 Å². The molecule has 13 heavy (non-hydrogen) atoms. The van der Waals surface area contributed by atoms with E-state index in [2.05, 4.69) is 4.98 Å². The predicted molar refractivity (Wildman–Crippen MR) is 44.0 cm³/mol. The van der Waals surface area contributed by atoms with Crippen LogP contribution < -0.4 is 5.73 Å². The minimum absolute atomic E-state index is 0.0652. The van der Waals surface area contributed by atoms with Crippen LogP contribution in [0.15, 0.2) is 23.4 Å². The maximum atomic E-state index is 11.9. The van der Waals surface area contributed by atoms with Gasteiger partial charge in [0.15, 0.2) is 0 Å². The molecule has 0 saturated heterocycles. The van der Waals surface area contributed by atoms with Crippen LogP contribution in [0.4, 0.5) is 13.2 Å². The summed E-state index contributed by atoms with van der Waals surface area (Å²) in [6, 6.07) is 1.38. The van der Waals surface area contributed by atoms with Crippen molar-refractivity contribution < 1.29 is 13.2 Å². The Labute approximate surface area is 77.3 Å². The molecular formula is C7H7F3N2S. The molecule has 0 aromatic carbocycles. The van der Waals surface area contributed by atoms with Gasteiger partial charge in [0.25, 0.3) is 0 Å². The highest BCUT2D eigenvalue weighted by Gasteiger charge is 2.29. The van der Waals surface area contributed by atoms with Gasteiger partial charge in [-0.1, -0.05) is 0 Å². The Bertz CT molecular complexity index is 287. The van der Waals surface area contributed by atoms with Crippen molar-refractivity contribution in [2.24, 2.45) is 5.73 Å². The zero-order chi connectivity index (χ0) is 9.90. The van der Waals surface area contributed by atoms with E-state index in [0.717, 1.165) is 6.20 Å². The molecule has 0 radical (unpaired) electrons. The van der Waals surface area contributed by atoms with Crippen molar-refractivity contribution in [3.8, 4) is 0 Å². The highest BCUT2D eigenvalue weighted by atomic mass is 32.2. The Balaban J connectivity index is 2.78. The number of alkyl halides is 3. The molecule has 72 valence electrons. The Morgan fingerprint density at radius 1 is 1.38 bits per heavy atom. The number of halogens is 3. The number of nitrogens with zero attached hydrogens (tertiary/aromatic N) is 1. The van der Waals surface area contributed by atoms with Crippen molar-refractivity contribution in [2.45, 2.75) is 16.9 Å². The summed E-state index contributed by atoms with van der Waals surface area (Å²) in [5, 5.41) is 0. The first-order valence-electron chi connectivity index (χ1n) is 3.41. The highest BCUT2D eigenvalue weighted by Crippen LogP contribution is 2.36. The number of pyridine rings is 1. The van der Waals surface area contributed by atoms with Crippen LogP contribution >= 0.6 is 11.8 Å². The van der Waals surface area contributed by atoms with Gasteiger partial charge in [0.1, 0.15) is 0 Å². The van der Waals surface area contributed by atoms with E-state index in [1.807, 2.05) is 0 Å². The molecule has 2 N–H and O–H groups in total. The van der Waals surface area contributed by atoms with Crippen molar-refractivity contribution in [1.29, 1.82) is 0 Å². The van der Waals surface area contributed by atoms with Crippen LogP contribution in [-0.4, -0.2) is 10.5 Å². The second kappa shape index (κ2) is 3.97. The van der Waals surface area contributed by atoms with Gasteiger partial charge in [0.05, 0.1) is 0 Å². The fourth-order valence-corrected chi connectivity index (χ4v) is 1.36. The Hall–Kier alpha value is -0.750. The quantitative estimate of drug-likeness (QED) is 0.757. The van der Waals surface area contributed by atoms with Crippen LogP contribution in [0.1, 0.15) is 5.56 Å². The molecule has 2 nitrogen and oxygen atoms in total. The average molecular weight is 208 g/mol. The van der Waals surface area contributed by atoms with Crippen LogP contribution in [0.25, 0.3) is 0 Å². The van der Waals surface area contributed by atoms with E-state index in [4.69, 9.17) is 5.73 Å². The zero-order valence-corrected chi connectivity index (χ0v) is 7.32. The molecule has 0 atom stereocenters. The van der Waals surface area contributed by atoms with Crippen LogP contribution in [0.2, 0.25) is 0 Å². The lowest BCUT2D eigenvalue weighted by molar-refractivity contribution is -0.0328. The summed E-state index contributed by atoms with van der Waals surface area (Å²) < 4.78 is 35.6. The summed E-state index contributed by atoms with van der Waals surface area (Å²) in [4.78, 5) is 3.70. The zero-order valence-electron chi connectivity index (χ0n) is 6.51. The van der Waals surface area contributed by atoms with E-state index in [1.54, 1.807) is 0 Å². The van der Waals surface area contributed by atoms with Gasteiger partial charge >= 0.3 is 5.51 Å². The SMILES string of the molecule is NCc1cncc(SC(F)(F)F)c1. The van der Waals surface area contributed by atoms with Crippen LogP contribution in [0.5, 0.6) is 0 Å². The standard InChI is InChI=1S/C7H7F3N2S/c8-7(9,10)13-6-1-5(2-11)3-12-4-6/h1,3-4H,2,11H2. The normalized spacial score (nSPS) is 11.7. The van der Waals surface area contributed by atoms with E-state index in [1.165, 1.54) is 12.3 Å². The van der Waals surface area contributed by atoms with Crippen LogP contribution in [0.3, 0.4) is 0 Å². The Morgan fingerprint density at radius 3 is 2.62 bits per heavy atom. The topological polar surface area (TPSA) is 38.9 Å². The van der Waals surface area contributed by atoms with E-state index in [-0.39, 0.29) is 23.2 Å². The minimum atomic E-state index is -4.27. The van der Waals surface area contributed by atoms with Crippen LogP contribution in [0, 0.1) is 0 Å². The molecule has 1 aromatic rings. The van der Waals surface area contributed by atoms with E-state index in [0.29, 0.717) is 5.56 Å². The number of thioether (sulfide) groups is 1. The van der Waals surface area contributed by atoms with Crippen molar-refractivity contribution in [3.63, 3.8) is 0 Å². The number of aromatic nitrogens is 1. The van der Waals surface area contributed by atoms with Gasteiger partial charge in [-0.2, -0.15) is 13.2 Å². The highest BCUT2D eigenvalue weighted by molar-refractivity contribution is 8.00. The molecule has 0 aliphatic carbocycles. The van der Waals surface area contributed by atoms with Crippen molar-refractivity contribution in [1.82, 2.24) is 4.98 Å². The molecule has 1 heterocycles. The molecule has 0 bridgehead atoms. The molecule has 0 fully saturated rings. The fourth-order valence-electron chi connectivity index (χ4n) is 0.765. The van der Waals surface area contributed by atoms with Gasteiger partial charge in [0, 0.05) is 23.8 Å². The van der Waals surface area contributed by atoms with E-state index < -0.39 is 5.51 Å². The number of rotatable bonds is 2. The Kier molecular flexibility index (Phi) is 3.16. The maximum absolute atomic E-state index is 11.9. The van der Waals surface area contributed by atoms with Crippen molar-refractivity contribution in [3.05, 3.63) is 24.0 Å². The van der Waals surface area contributed by atoms with E-state index >= 15 is 0 Å².